The summed E-state index contributed by atoms with van der Waals surface area (Å²) in [4.78, 5) is 0. The van der Waals surface area contributed by atoms with Crippen molar-refractivity contribution >= 4 is 0 Å². The normalized spacial score (nSPS) is 22.5. The van der Waals surface area contributed by atoms with Gasteiger partial charge in [0.25, 0.3) is 0 Å². The Labute approximate surface area is 80.5 Å². The molecule has 0 radical (unpaired) electrons. The molecule has 1 aliphatic rings. The summed E-state index contributed by atoms with van der Waals surface area (Å²) in [7, 11) is 0. The first kappa shape index (κ1) is 10.3. The predicted octanol–water partition coefficient (Wildman–Crippen LogP) is 2.98. The summed E-state index contributed by atoms with van der Waals surface area (Å²) < 4.78 is 0. The zero-order valence-corrected chi connectivity index (χ0v) is 8.72. The minimum absolute atomic E-state index is 0.284. The lowest BCUT2D eigenvalue weighted by molar-refractivity contribution is 0.219. The number of rotatable bonds is 2. The van der Waals surface area contributed by atoms with E-state index in [1.165, 1.54) is 11.1 Å². The molecule has 0 heterocycles. The molecule has 1 heteroatoms. The third-order valence-electron chi connectivity index (χ3n) is 2.56. The number of aliphatic hydroxyl groups is 1. The third-order valence-corrected chi connectivity index (χ3v) is 2.56. The maximum absolute atomic E-state index is 9.56. The van der Waals surface area contributed by atoms with Crippen LogP contribution in [0.15, 0.2) is 34.9 Å². The van der Waals surface area contributed by atoms with Gasteiger partial charge in [-0.15, -0.1) is 0 Å². The molecule has 0 aliphatic heterocycles. The second-order valence-corrected chi connectivity index (χ2v) is 3.97. The summed E-state index contributed by atoms with van der Waals surface area (Å²) in [6, 6.07) is 0. The number of allylic oxidation sites excluding steroid dienone is 3. The fraction of sp³-hybridized carbons (Fsp3) is 0.500. The second kappa shape index (κ2) is 3.93. The van der Waals surface area contributed by atoms with Crippen LogP contribution < -0.4 is 0 Å². The minimum atomic E-state index is -0.284. The number of hydrogen-bond acceptors (Lipinski definition) is 1. The van der Waals surface area contributed by atoms with E-state index in [-0.39, 0.29) is 6.10 Å². The van der Waals surface area contributed by atoms with Crippen LogP contribution in [0.4, 0.5) is 0 Å². The van der Waals surface area contributed by atoms with Crippen molar-refractivity contribution in [2.24, 2.45) is 0 Å². The van der Waals surface area contributed by atoms with Crippen LogP contribution in [-0.2, 0) is 0 Å². The Morgan fingerprint density at radius 2 is 2.23 bits per heavy atom. The van der Waals surface area contributed by atoms with Gasteiger partial charge in [-0.3, -0.25) is 0 Å². The molecule has 0 amide bonds. The summed E-state index contributed by atoms with van der Waals surface area (Å²) >= 11 is 0. The Morgan fingerprint density at radius 3 is 2.62 bits per heavy atom. The van der Waals surface area contributed by atoms with Crippen molar-refractivity contribution in [2.45, 2.75) is 39.7 Å². The first-order valence-corrected chi connectivity index (χ1v) is 4.71. The van der Waals surface area contributed by atoms with Crippen LogP contribution in [0.1, 0.15) is 33.6 Å². The Morgan fingerprint density at radius 1 is 1.62 bits per heavy atom. The van der Waals surface area contributed by atoms with Gasteiger partial charge in [0.1, 0.15) is 0 Å². The summed E-state index contributed by atoms with van der Waals surface area (Å²) in [5.74, 6) is 0. The molecule has 0 spiro atoms. The molecule has 1 rings (SSSR count). The Kier molecular flexibility index (Phi) is 3.10. The van der Waals surface area contributed by atoms with Crippen LogP contribution in [0.2, 0.25) is 0 Å². The fourth-order valence-corrected chi connectivity index (χ4v) is 1.60. The van der Waals surface area contributed by atoms with Crippen molar-refractivity contribution in [1.82, 2.24) is 0 Å². The molecular formula is C12H18O. The van der Waals surface area contributed by atoms with E-state index in [0.717, 1.165) is 24.0 Å². The highest BCUT2D eigenvalue weighted by Gasteiger charge is 2.21. The zero-order chi connectivity index (χ0) is 10.0. The van der Waals surface area contributed by atoms with Crippen molar-refractivity contribution in [3.8, 4) is 0 Å². The first-order valence-electron chi connectivity index (χ1n) is 4.71. The van der Waals surface area contributed by atoms with E-state index < -0.39 is 0 Å². The van der Waals surface area contributed by atoms with E-state index in [4.69, 9.17) is 0 Å². The van der Waals surface area contributed by atoms with E-state index in [0.29, 0.717) is 0 Å². The molecule has 1 aliphatic carbocycles. The van der Waals surface area contributed by atoms with Gasteiger partial charge in [0.15, 0.2) is 0 Å². The zero-order valence-electron chi connectivity index (χ0n) is 8.72. The molecule has 1 atom stereocenters. The quantitative estimate of drug-likeness (QED) is 0.644. The summed E-state index contributed by atoms with van der Waals surface area (Å²) in [5.41, 5.74) is 4.76. The molecule has 0 aromatic carbocycles. The van der Waals surface area contributed by atoms with Gasteiger partial charge < -0.3 is 5.11 Å². The van der Waals surface area contributed by atoms with Crippen molar-refractivity contribution in [3.63, 3.8) is 0 Å². The summed E-state index contributed by atoms with van der Waals surface area (Å²) in [6.45, 7) is 10.1. The molecular weight excluding hydrogens is 160 g/mol. The van der Waals surface area contributed by atoms with Crippen LogP contribution in [0.3, 0.4) is 0 Å². The van der Waals surface area contributed by atoms with Crippen molar-refractivity contribution < 1.29 is 5.11 Å². The van der Waals surface area contributed by atoms with Gasteiger partial charge >= 0.3 is 0 Å². The molecule has 0 saturated heterocycles. The highest BCUT2D eigenvalue weighted by Crippen LogP contribution is 2.32. The van der Waals surface area contributed by atoms with Crippen LogP contribution in [0.5, 0.6) is 0 Å². The van der Waals surface area contributed by atoms with Gasteiger partial charge in [0.2, 0.25) is 0 Å². The van der Waals surface area contributed by atoms with E-state index >= 15 is 0 Å². The molecule has 0 aromatic heterocycles. The molecule has 0 fully saturated rings. The van der Waals surface area contributed by atoms with Crippen LogP contribution in [0, 0.1) is 0 Å². The number of aliphatic hydroxyl groups excluding tert-OH is 1. The molecule has 13 heavy (non-hydrogen) atoms. The van der Waals surface area contributed by atoms with Crippen LogP contribution in [0.25, 0.3) is 0 Å². The highest BCUT2D eigenvalue weighted by atomic mass is 16.3. The fourth-order valence-electron chi connectivity index (χ4n) is 1.60. The first-order chi connectivity index (χ1) is 6.02. The standard InChI is InChI=1S/C12H18O/c1-8(2)5-6-11-9(3)7-12(13)10(11)4/h5,12-13H,3,6-7H2,1-2,4H3. The molecule has 0 saturated carbocycles. The molecule has 72 valence electrons. The van der Waals surface area contributed by atoms with Crippen molar-refractivity contribution in [1.29, 1.82) is 0 Å². The van der Waals surface area contributed by atoms with Crippen molar-refractivity contribution in [2.75, 3.05) is 0 Å². The maximum Gasteiger partial charge on any atom is 0.0793 e. The van der Waals surface area contributed by atoms with Gasteiger partial charge in [-0.25, -0.2) is 0 Å². The average Bonchev–Trinajstić information content (AvgIpc) is 2.24. The van der Waals surface area contributed by atoms with Gasteiger partial charge in [-0.2, -0.15) is 0 Å². The lowest BCUT2D eigenvalue weighted by Crippen LogP contribution is -2.01. The van der Waals surface area contributed by atoms with Crippen molar-refractivity contribution in [3.05, 3.63) is 34.9 Å². The smallest absolute Gasteiger partial charge is 0.0793 e. The Hall–Kier alpha value is -0.820. The highest BCUT2D eigenvalue weighted by molar-refractivity contribution is 5.42. The minimum Gasteiger partial charge on any atom is -0.388 e. The topological polar surface area (TPSA) is 20.2 Å². The molecule has 1 nitrogen and oxygen atoms in total. The molecule has 0 aromatic rings. The van der Waals surface area contributed by atoms with Crippen LogP contribution in [-0.4, -0.2) is 11.2 Å². The van der Waals surface area contributed by atoms with E-state index in [1.807, 2.05) is 6.92 Å². The summed E-state index contributed by atoms with van der Waals surface area (Å²) in [6.07, 6.45) is 3.54. The second-order valence-electron chi connectivity index (χ2n) is 3.97. The SMILES string of the molecule is C=C1CC(O)C(C)=C1CC=C(C)C. The molecule has 1 N–H and O–H groups in total. The lowest BCUT2D eigenvalue weighted by atomic mass is 10.0. The molecule has 0 bridgehead atoms. The number of hydrogen-bond donors (Lipinski definition) is 1. The van der Waals surface area contributed by atoms with Gasteiger partial charge in [0, 0.05) is 6.42 Å². The van der Waals surface area contributed by atoms with E-state index in [2.05, 4.69) is 26.5 Å². The van der Waals surface area contributed by atoms with Gasteiger partial charge in [-0.05, 0) is 43.9 Å². The van der Waals surface area contributed by atoms with E-state index in [1.54, 1.807) is 0 Å². The van der Waals surface area contributed by atoms with Gasteiger partial charge in [-0.1, -0.05) is 18.2 Å². The third kappa shape index (κ3) is 2.31. The Bertz CT molecular complexity index is 277. The maximum atomic E-state index is 9.56. The lowest BCUT2D eigenvalue weighted by Gasteiger charge is -2.02. The Balaban J connectivity index is 2.78. The molecule has 1 unspecified atom stereocenters. The predicted molar refractivity (Wildman–Crippen MR) is 56.5 cm³/mol. The average molecular weight is 178 g/mol. The summed E-state index contributed by atoms with van der Waals surface area (Å²) in [5, 5.41) is 9.56. The monoisotopic (exact) mass is 178 g/mol. The van der Waals surface area contributed by atoms with E-state index in [9.17, 15) is 5.11 Å². The van der Waals surface area contributed by atoms with Gasteiger partial charge in [0.05, 0.1) is 6.10 Å². The largest absolute Gasteiger partial charge is 0.388 e. The van der Waals surface area contributed by atoms with Crippen LogP contribution >= 0.6 is 0 Å².